The van der Waals surface area contributed by atoms with E-state index in [-0.39, 0.29) is 39.5 Å². The number of methoxy groups -OCH3 is 1. The largest absolute Gasteiger partial charge is 0.507 e. The molecule has 0 spiro atoms. The molecule has 2 aromatic carbocycles. The molecule has 0 saturated carbocycles. The molecule has 11 nitrogen and oxygen atoms in total. The summed E-state index contributed by atoms with van der Waals surface area (Å²) in [5, 5.41) is 41.2. The number of phenolic OH excluding ortho intramolecular Hbond substituents is 1. The summed E-state index contributed by atoms with van der Waals surface area (Å²) in [5.74, 6) is -2.37. The van der Waals surface area contributed by atoms with Crippen LogP contribution in [-0.2, 0) is 14.3 Å². The Labute approximate surface area is 199 Å². The Balaban J connectivity index is 1.74. The van der Waals surface area contributed by atoms with Gasteiger partial charge in [-0.3, -0.25) is 14.4 Å². The minimum absolute atomic E-state index is 0.0445. The van der Waals surface area contributed by atoms with E-state index in [4.69, 9.17) is 18.9 Å². The highest BCUT2D eigenvalue weighted by molar-refractivity contribution is 6.30. The number of carbonyl (C=O) groups excluding carboxylic acids is 3. The monoisotopic (exact) mass is 488 g/mol. The van der Waals surface area contributed by atoms with Gasteiger partial charge in [0.2, 0.25) is 12.1 Å². The molecule has 4 rings (SSSR count). The highest BCUT2D eigenvalue weighted by Gasteiger charge is 2.46. The molecule has 2 aliphatic rings. The van der Waals surface area contributed by atoms with Crippen molar-refractivity contribution in [1.82, 2.24) is 0 Å². The molecule has 5 atom stereocenters. The van der Waals surface area contributed by atoms with E-state index < -0.39 is 54.8 Å². The fourth-order valence-electron chi connectivity index (χ4n) is 4.22. The number of phenols is 1. The molecule has 2 aromatic rings. The Bertz CT molecular complexity index is 1200. The van der Waals surface area contributed by atoms with Crippen molar-refractivity contribution >= 4 is 17.5 Å². The first-order chi connectivity index (χ1) is 16.6. The lowest BCUT2D eigenvalue weighted by atomic mass is 9.82. The molecule has 1 saturated heterocycles. The van der Waals surface area contributed by atoms with Crippen LogP contribution in [0.25, 0.3) is 0 Å². The lowest BCUT2D eigenvalue weighted by molar-refractivity contribution is -0.278. The zero-order valence-electron chi connectivity index (χ0n) is 19.0. The molecule has 0 amide bonds. The van der Waals surface area contributed by atoms with Crippen LogP contribution in [0, 0.1) is 6.92 Å². The van der Waals surface area contributed by atoms with Gasteiger partial charge in [0.05, 0.1) is 18.2 Å². The third-order valence-electron chi connectivity index (χ3n) is 5.96. The van der Waals surface area contributed by atoms with E-state index in [9.17, 15) is 34.8 Å². The molecule has 0 unspecified atom stereocenters. The van der Waals surface area contributed by atoms with Crippen LogP contribution < -0.4 is 9.47 Å². The molecule has 1 aliphatic heterocycles. The first-order valence-corrected chi connectivity index (χ1v) is 10.7. The zero-order valence-corrected chi connectivity index (χ0v) is 19.0. The van der Waals surface area contributed by atoms with Crippen LogP contribution in [0.5, 0.6) is 17.2 Å². The number of fused-ring (bicyclic) bond motifs is 2. The second kappa shape index (κ2) is 9.27. The lowest BCUT2D eigenvalue weighted by Gasteiger charge is -2.40. The fourth-order valence-corrected chi connectivity index (χ4v) is 4.22. The molecular weight excluding hydrogens is 464 g/mol. The summed E-state index contributed by atoms with van der Waals surface area (Å²) in [6.07, 6.45) is -7.78. The Hall–Kier alpha value is -3.51. The molecule has 0 radical (unpaired) electrons. The van der Waals surface area contributed by atoms with Crippen molar-refractivity contribution in [3.05, 3.63) is 52.1 Å². The van der Waals surface area contributed by atoms with Gasteiger partial charge in [0.15, 0.2) is 17.3 Å². The zero-order chi connectivity index (χ0) is 25.6. The lowest BCUT2D eigenvalue weighted by Crippen LogP contribution is -2.60. The number of aromatic hydroxyl groups is 1. The van der Waals surface area contributed by atoms with Crippen LogP contribution in [0.1, 0.15) is 44.3 Å². The number of hydrogen-bond acceptors (Lipinski definition) is 11. The Morgan fingerprint density at radius 3 is 2.37 bits per heavy atom. The molecule has 4 N–H and O–H groups in total. The van der Waals surface area contributed by atoms with Gasteiger partial charge in [-0.15, -0.1) is 0 Å². The third-order valence-corrected chi connectivity index (χ3v) is 5.96. The minimum atomic E-state index is -1.72. The molecule has 1 aliphatic carbocycles. The number of benzene rings is 2. The van der Waals surface area contributed by atoms with Gasteiger partial charge in [0.25, 0.3) is 0 Å². The number of hydrogen-bond donors (Lipinski definition) is 4. The van der Waals surface area contributed by atoms with Crippen LogP contribution in [0.2, 0.25) is 0 Å². The summed E-state index contributed by atoms with van der Waals surface area (Å²) in [5.41, 5.74) is 0.122. The average Bonchev–Trinajstić information content (AvgIpc) is 2.82. The van der Waals surface area contributed by atoms with E-state index in [0.717, 1.165) is 6.92 Å². The third kappa shape index (κ3) is 4.12. The highest BCUT2D eigenvalue weighted by atomic mass is 16.7. The van der Waals surface area contributed by atoms with Gasteiger partial charge in [0.1, 0.15) is 36.8 Å². The Morgan fingerprint density at radius 2 is 1.71 bits per heavy atom. The minimum Gasteiger partial charge on any atom is -0.507 e. The SMILES string of the molecule is COc1c(O[C@@H]2O[C@H](COC(C)=O)[C@@H](O)[C@H](O)[C@H]2O)c(C)cc2c1C(=O)c1c(O)cccc1C2=O. The highest BCUT2D eigenvalue weighted by Crippen LogP contribution is 2.44. The number of aliphatic hydroxyl groups is 3. The van der Waals surface area contributed by atoms with Crippen molar-refractivity contribution in [3.63, 3.8) is 0 Å². The van der Waals surface area contributed by atoms with Crippen molar-refractivity contribution in [3.8, 4) is 17.2 Å². The number of carbonyl (C=O) groups is 3. The van der Waals surface area contributed by atoms with Gasteiger partial charge in [-0.1, -0.05) is 12.1 Å². The number of aryl methyl sites for hydroxylation is 1. The maximum absolute atomic E-state index is 13.3. The van der Waals surface area contributed by atoms with Crippen LogP contribution in [0.4, 0.5) is 0 Å². The molecule has 0 bridgehead atoms. The van der Waals surface area contributed by atoms with E-state index in [1.54, 1.807) is 6.92 Å². The number of esters is 1. The predicted molar refractivity (Wildman–Crippen MR) is 117 cm³/mol. The van der Waals surface area contributed by atoms with Gasteiger partial charge in [-0.25, -0.2) is 0 Å². The van der Waals surface area contributed by atoms with E-state index in [2.05, 4.69) is 0 Å². The summed E-state index contributed by atoms with van der Waals surface area (Å²) in [4.78, 5) is 37.6. The number of ketones is 2. The van der Waals surface area contributed by atoms with Crippen LogP contribution in [-0.4, -0.2) is 82.4 Å². The average molecular weight is 488 g/mol. The predicted octanol–water partition coefficient (Wildman–Crippen LogP) is 0.234. The first-order valence-electron chi connectivity index (χ1n) is 10.7. The second-order valence-corrected chi connectivity index (χ2v) is 8.27. The van der Waals surface area contributed by atoms with Crippen LogP contribution in [0.15, 0.2) is 24.3 Å². The topological polar surface area (TPSA) is 169 Å². The van der Waals surface area contributed by atoms with E-state index in [0.29, 0.717) is 5.56 Å². The standard InChI is InChI=1S/C24H24O11/c1-9-7-12-16(19(29)15-11(17(12)27)5-4-6-13(15)26)23(32-3)22(9)35-24-21(31)20(30)18(28)14(34-24)8-33-10(2)25/h4-7,14,18,20-21,24,26,28,30-31H,8H2,1-3H3/t14-,18-,20+,21-,24+/m1/s1. The van der Waals surface area contributed by atoms with Crippen molar-refractivity contribution in [2.24, 2.45) is 0 Å². The maximum atomic E-state index is 13.3. The van der Waals surface area contributed by atoms with E-state index >= 15 is 0 Å². The quantitative estimate of drug-likeness (QED) is 0.363. The van der Waals surface area contributed by atoms with Crippen LogP contribution in [0.3, 0.4) is 0 Å². The van der Waals surface area contributed by atoms with Crippen molar-refractivity contribution in [2.45, 2.75) is 44.6 Å². The number of aliphatic hydroxyl groups excluding tert-OH is 3. The molecule has 11 heteroatoms. The molecule has 1 heterocycles. The van der Waals surface area contributed by atoms with Crippen molar-refractivity contribution in [2.75, 3.05) is 13.7 Å². The smallest absolute Gasteiger partial charge is 0.302 e. The fraction of sp³-hybridized carbons (Fsp3) is 0.375. The molecule has 186 valence electrons. The molecule has 0 aromatic heterocycles. The van der Waals surface area contributed by atoms with Crippen molar-refractivity contribution < 1.29 is 53.8 Å². The van der Waals surface area contributed by atoms with E-state index in [1.165, 1.54) is 31.4 Å². The van der Waals surface area contributed by atoms with Gasteiger partial charge in [0, 0.05) is 18.1 Å². The normalized spacial score (nSPS) is 25.5. The summed E-state index contributed by atoms with van der Waals surface area (Å²) in [6.45, 7) is 2.32. The number of rotatable bonds is 5. The van der Waals surface area contributed by atoms with E-state index in [1.807, 2.05) is 0 Å². The Morgan fingerprint density at radius 1 is 1.00 bits per heavy atom. The summed E-state index contributed by atoms with van der Waals surface area (Å²) < 4.78 is 21.6. The molecule has 35 heavy (non-hydrogen) atoms. The van der Waals surface area contributed by atoms with Gasteiger partial charge >= 0.3 is 5.97 Å². The first kappa shape index (κ1) is 24.6. The number of ether oxygens (including phenoxy) is 4. The van der Waals surface area contributed by atoms with Gasteiger partial charge in [-0.05, 0) is 24.6 Å². The summed E-state index contributed by atoms with van der Waals surface area (Å²) in [6, 6.07) is 5.60. The second-order valence-electron chi connectivity index (χ2n) is 8.27. The van der Waals surface area contributed by atoms with Gasteiger partial charge in [-0.2, -0.15) is 0 Å². The van der Waals surface area contributed by atoms with Crippen LogP contribution >= 0.6 is 0 Å². The molecular formula is C24H24O11. The molecule has 1 fully saturated rings. The van der Waals surface area contributed by atoms with Crippen molar-refractivity contribution in [1.29, 1.82) is 0 Å². The van der Waals surface area contributed by atoms with Gasteiger partial charge < -0.3 is 39.4 Å². The summed E-state index contributed by atoms with van der Waals surface area (Å²) in [7, 11) is 1.25. The Kier molecular flexibility index (Phi) is 6.52. The maximum Gasteiger partial charge on any atom is 0.302 e. The summed E-state index contributed by atoms with van der Waals surface area (Å²) >= 11 is 0.